The molecular weight excluding hydrogens is 337 g/mol. The van der Waals surface area contributed by atoms with Crippen LogP contribution in [0.4, 0.5) is 4.39 Å². The van der Waals surface area contributed by atoms with Crippen molar-refractivity contribution in [1.29, 1.82) is 0 Å². The third kappa shape index (κ3) is 3.19. The summed E-state index contributed by atoms with van der Waals surface area (Å²) in [7, 11) is 0. The number of fused-ring (bicyclic) bond motifs is 1. The van der Waals surface area contributed by atoms with E-state index >= 15 is 0 Å². The lowest BCUT2D eigenvalue weighted by Gasteiger charge is -2.36. The van der Waals surface area contributed by atoms with E-state index in [2.05, 4.69) is 5.32 Å². The van der Waals surface area contributed by atoms with E-state index < -0.39 is 5.82 Å². The molecule has 2 aliphatic heterocycles. The Morgan fingerprint density at radius 3 is 2.73 bits per heavy atom. The van der Waals surface area contributed by atoms with Crippen LogP contribution in [0.1, 0.15) is 23.4 Å². The second kappa shape index (κ2) is 7.07. The maximum atomic E-state index is 13.8. The van der Waals surface area contributed by atoms with Crippen molar-refractivity contribution in [3.05, 3.63) is 35.8 Å². The predicted molar refractivity (Wildman–Crippen MR) is 94.2 cm³/mol. The van der Waals surface area contributed by atoms with E-state index in [1.165, 1.54) is 6.07 Å². The van der Waals surface area contributed by atoms with Gasteiger partial charge >= 0.3 is 0 Å². The molecule has 2 fully saturated rings. The predicted octanol–water partition coefficient (Wildman–Crippen LogP) is 1.86. The molecule has 1 unspecified atom stereocenters. The van der Waals surface area contributed by atoms with Crippen molar-refractivity contribution in [3.8, 4) is 0 Å². The van der Waals surface area contributed by atoms with Gasteiger partial charge in [0.15, 0.2) is 17.2 Å². The van der Waals surface area contributed by atoms with Gasteiger partial charge in [0.05, 0.1) is 5.92 Å². The molecule has 0 spiro atoms. The minimum absolute atomic E-state index is 0.0984. The first-order chi connectivity index (χ1) is 12.6. The molecule has 6 nitrogen and oxygen atoms in total. The van der Waals surface area contributed by atoms with E-state index in [-0.39, 0.29) is 29.1 Å². The fraction of sp³-hybridized carbons (Fsp3) is 0.474. The first kappa shape index (κ1) is 17.0. The number of rotatable bonds is 2. The fourth-order valence-corrected chi connectivity index (χ4v) is 3.80. The van der Waals surface area contributed by atoms with Crippen LogP contribution >= 0.6 is 0 Å². The van der Waals surface area contributed by atoms with E-state index in [9.17, 15) is 14.0 Å². The van der Waals surface area contributed by atoms with Crippen molar-refractivity contribution in [2.24, 2.45) is 5.92 Å². The molecule has 0 saturated carbocycles. The lowest BCUT2D eigenvalue weighted by atomic mass is 9.96. The smallest absolute Gasteiger partial charge is 0.289 e. The number of benzene rings is 1. The Morgan fingerprint density at radius 1 is 1.15 bits per heavy atom. The Kier molecular flexibility index (Phi) is 4.63. The molecule has 7 heteroatoms. The van der Waals surface area contributed by atoms with Gasteiger partial charge in [-0.05, 0) is 25.0 Å². The standard InChI is InChI=1S/C19H22FN3O3/c20-15-5-1-3-13-11-16(26-17(13)15)19(25)23-8-2-4-14(12-23)18(24)22-9-6-21-7-10-22/h1,3,5,11,14,21H,2,4,6-10,12H2. The number of carbonyl (C=O) groups is 2. The molecule has 2 amide bonds. The summed E-state index contributed by atoms with van der Waals surface area (Å²) in [5.74, 6) is -0.683. The maximum Gasteiger partial charge on any atom is 0.289 e. The van der Waals surface area contributed by atoms with Crippen molar-refractivity contribution in [2.45, 2.75) is 12.8 Å². The second-order valence-corrected chi connectivity index (χ2v) is 6.93. The van der Waals surface area contributed by atoms with E-state index in [1.807, 2.05) is 4.90 Å². The van der Waals surface area contributed by atoms with E-state index in [0.29, 0.717) is 31.6 Å². The van der Waals surface area contributed by atoms with Crippen LogP contribution in [0.3, 0.4) is 0 Å². The molecule has 3 heterocycles. The molecule has 2 aromatic rings. The van der Waals surface area contributed by atoms with E-state index in [1.54, 1.807) is 23.1 Å². The molecule has 0 radical (unpaired) electrons. The molecule has 4 rings (SSSR count). The molecule has 1 atom stereocenters. The molecule has 2 saturated heterocycles. The van der Waals surface area contributed by atoms with Gasteiger partial charge in [-0.2, -0.15) is 0 Å². The maximum absolute atomic E-state index is 13.8. The van der Waals surface area contributed by atoms with Gasteiger partial charge in [0, 0.05) is 44.7 Å². The Hall–Kier alpha value is -2.41. The Bertz CT molecular complexity index is 829. The van der Waals surface area contributed by atoms with Crippen LogP contribution in [0, 0.1) is 11.7 Å². The Labute approximate surface area is 150 Å². The number of carbonyl (C=O) groups excluding carboxylic acids is 2. The summed E-state index contributed by atoms with van der Waals surface area (Å²) in [5, 5.41) is 3.81. The quantitative estimate of drug-likeness (QED) is 0.889. The van der Waals surface area contributed by atoms with Gasteiger partial charge in [0.1, 0.15) is 0 Å². The third-order valence-corrected chi connectivity index (χ3v) is 5.19. The monoisotopic (exact) mass is 359 g/mol. The normalized spacial score (nSPS) is 21.2. The number of nitrogens with one attached hydrogen (secondary N) is 1. The van der Waals surface area contributed by atoms with Crippen molar-refractivity contribution in [3.63, 3.8) is 0 Å². The van der Waals surface area contributed by atoms with Crippen molar-refractivity contribution < 1.29 is 18.4 Å². The number of furan rings is 1. The number of piperidine rings is 1. The van der Waals surface area contributed by atoms with Gasteiger partial charge in [-0.15, -0.1) is 0 Å². The van der Waals surface area contributed by atoms with Crippen LogP contribution in [0.15, 0.2) is 28.7 Å². The molecule has 26 heavy (non-hydrogen) atoms. The Balaban J connectivity index is 1.48. The van der Waals surface area contributed by atoms with Gasteiger partial charge < -0.3 is 19.5 Å². The zero-order valence-electron chi connectivity index (χ0n) is 14.5. The van der Waals surface area contributed by atoms with Gasteiger partial charge in [-0.1, -0.05) is 12.1 Å². The summed E-state index contributed by atoms with van der Waals surface area (Å²) in [6.45, 7) is 4.03. The highest BCUT2D eigenvalue weighted by Gasteiger charge is 2.33. The van der Waals surface area contributed by atoms with Gasteiger partial charge in [-0.3, -0.25) is 9.59 Å². The zero-order chi connectivity index (χ0) is 18.1. The molecule has 2 aliphatic rings. The average molecular weight is 359 g/mol. The summed E-state index contributed by atoms with van der Waals surface area (Å²) in [6, 6.07) is 6.18. The Morgan fingerprint density at radius 2 is 1.96 bits per heavy atom. The lowest BCUT2D eigenvalue weighted by Crippen LogP contribution is -2.51. The summed E-state index contributed by atoms with van der Waals surface area (Å²) < 4.78 is 19.3. The van der Waals surface area contributed by atoms with E-state index in [4.69, 9.17) is 4.42 Å². The molecular formula is C19H22FN3O3. The van der Waals surface area contributed by atoms with Crippen molar-refractivity contribution >= 4 is 22.8 Å². The number of amides is 2. The van der Waals surface area contributed by atoms with E-state index in [0.717, 1.165) is 25.9 Å². The second-order valence-electron chi connectivity index (χ2n) is 6.93. The molecule has 0 aliphatic carbocycles. The SMILES string of the molecule is O=C(c1cc2cccc(F)c2o1)N1CCCC(C(=O)N2CCNCC2)C1. The van der Waals surface area contributed by atoms with Gasteiger partial charge in [-0.25, -0.2) is 4.39 Å². The number of piperazine rings is 1. The van der Waals surface area contributed by atoms with Crippen LogP contribution < -0.4 is 5.32 Å². The minimum Gasteiger partial charge on any atom is -0.448 e. The van der Waals surface area contributed by atoms with Gasteiger partial charge in [0.25, 0.3) is 5.91 Å². The van der Waals surface area contributed by atoms with Crippen LogP contribution in [0.5, 0.6) is 0 Å². The van der Waals surface area contributed by atoms with Gasteiger partial charge in [0.2, 0.25) is 5.91 Å². The highest BCUT2D eigenvalue weighted by atomic mass is 19.1. The summed E-state index contributed by atoms with van der Waals surface area (Å²) >= 11 is 0. The highest BCUT2D eigenvalue weighted by Crippen LogP contribution is 2.25. The molecule has 1 aromatic heterocycles. The highest BCUT2D eigenvalue weighted by molar-refractivity contribution is 5.96. The minimum atomic E-state index is -0.480. The summed E-state index contributed by atoms with van der Waals surface area (Å²) in [5.41, 5.74) is 0.0984. The zero-order valence-corrected chi connectivity index (χ0v) is 14.5. The summed E-state index contributed by atoms with van der Waals surface area (Å²) in [4.78, 5) is 29.1. The number of para-hydroxylation sites is 1. The molecule has 138 valence electrons. The molecule has 1 aromatic carbocycles. The fourth-order valence-electron chi connectivity index (χ4n) is 3.80. The van der Waals surface area contributed by atoms with Crippen LogP contribution in [-0.2, 0) is 4.79 Å². The number of likely N-dealkylation sites (tertiary alicyclic amines) is 1. The number of hydrogen-bond acceptors (Lipinski definition) is 4. The molecule has 1 N–H and O–H groups in total. The third-order valence-electron chi connectivity index (χ3n) is 5.19. The van der Waals surface area contributed by atoms with Crippen molar-refractivity contribution in [2.75, 3.05) is 39.3 Å². The first-order valence-corrected chi connectivity index (χ1v) is 9.10. The first-order valence-electron chi connectivity index (χ1n) is 9.10. The van der Waals surface area contributed by atoms with Crippen LogP contribution in [0.2, 0.25) is 0 Å². The van der Waals surface area contributed by atoms with Crippen LogP contribution in [0.25, 0.3) is 11.0 Å². The number of hydrogen-bond donors (Lipinski definition) is 1. The van der Waals surface area contributed by atoms with Crippen LogP contribution in [-0.4, -0.2) is 60.9 Å². The lowest BCUT2D eigenvalue weighted by molar-refractivity contribution is -0.137. The molecule has 0 bridgehead atoms. The average Bonchev–Trinajstić information content (AvgIpc) is 3.13. The number of nitrogens with zero attached hydrogens (tertiary/aromatic N) is 2. The largest absolute Gasteiger partial charge is 0.448 e. The number of halogens is 1. The topological polar surface area (TPSA) is 65.8 Å². The summed E-state index contributed by atoms with van der Waals surface area (Å²) in [6.07, 6.45) is 1.57. The van der Waals surface area contributed by atoms with Crippen molar-refractivity contribution in [1.82, 2.24) is 15.1 Å².